The SMILES string of the molecule is CC(C)(C)SCCNc1ccc2cc([N+](=O)[O-])ccc2n1. The molecule has 0 radical (unpaired) electrons. The number of thioether (sulfide) groups is 1. The first-order chi connectivity index (χ1) is 9.85. The summed E-state index contributed by atoms with van der Waals surface area (Å²) in [6.45, 7) is 7.42. The normalized spacial score (nSPS) is 11.6. The highest BCUT2D eigenvalue weighted by atomic mass is 32.2. The van der Waals surface area contributed by atoms with E-state index in [9.17, 15) is 10.1 Å². The minimum absolute atomic E-state index is 0.0894. The van der Waals surface area contributed by atoms with Gasteiger partial charge < -0.3 is 5.32 Å². The first kappa shape index (κ1) is 15.6. The summed E-state index contributed by atoms with van der Waals surface area (Å²) in [5.74, 6) is 1.80. The number of fused-ring (bicyclic) bond motifs is 1. The Labute approximate surface area is 128 Å². The number of hydrogen-bond donors (Lipinski definition) is 1. The van der Waals surface area contributed by atoms with Crippen molar-refractivity contribution in [3.63, 3.8) is 0 Å². The Morgan fingerprint density at radius 1 is 1.29 bits per heavy atom. The fraction of sp³-hybridized carbons (Fsp3) is 0.400. The topological polar surface area (TPSA) is 68.1 Å². The molecule has 21 heavy (non-hydrogen) atoms. The fourth-order valence-electron chi connectivity index (χ4n) is 1.86. The first-order valence-corrected chi connectivity index (χ1v) is 7.77. The molecule has 1 aromatic carbocycles. The van der Waals surface area contributed by atoms with Crippen molar-refractivity contribution >= 4 is 34.2 Å². The van der Waals surface area contributed by atoms with Crippen LogP contribution in [0.4, 0.5) is 11.5 Å². The van der Waals surface area contributed by atoms with Gasteiger partial charge >= 0.3 is 0 Å². The van der Waals surface area contributed by atoms with Gasteiger partial charge in [-0.25, -0.2) is 4.98 Å². The van der Waals surface area contributed by atoms with E-state index in [0.717, 1.165) is 29.0 Å². The minimum atomic E-state index is -0.394. The summed E-state index contributed by atoms with van der Waals surface area (Å²) in [6.07, 6.45) is 0. The van der Waals surface area contributed by atoms with E-state index in [1.54, 1.807) is 12.1 Å². The van der Waals surface area contributed by atoms with Crippen LogP contribution in [-0.4, -0.2) is 27.0 Å². The van der Waals surface area contributed by atoms with Crippen LogP contribution >= 0.6 is 11.8 Å². The number of non-ortho nitro benzene ring substituents is 1. The number of rotatable bonds is 5. The maximum atomic E-state index is 10.7. The Morgan fingerprint density at radius 3 is 2.71 bits per heavy atom. The van der Waals surface area contributed by atoms with E-state index in [1.165, 1.54) is 6.07 Å². The molecule has 0 unspecified atom stereocenters. The van der Waals surface area contributed by atoms with E-state index in [1.807, 2.05) is 23.9 Å². The lowest BCUT2D eigenvalue weighted by atomic mass is 10.2. The molecule has 0 aliphatic rings. The largest absolute Gasteiger partial charge is 0.369 e. The van der Waals surface area contributed by atoms with Crippen LogP contribution in [0, 0.1) is 10.1 Å². The zero-order chi connectivity index (χ0) is 15.5. The number of hydrogen-bond acceptors (Lipinski definition) is 5. The number of benzene rings is 1. The third kappa shape index (κ3) is 4.60. The zero-order valence-corrected chi connectivity index (χ0v) is 13.2. The van der Waals surface area contributed by atoms with Gasteiger partial charge in [-0.05, 0) is 18.2 Å². The van der Waals surface area contributed by atoms with Gasteiger partial charge in [-0.1, -0.05) is 20.8 Å². The summed E-state index contributed by atoms with van der Waals surface area (Å²) in [4.78, 5) is 14.8. The maximum absolute atomic E-state index is 10.7. The van der Waals surface area contributed by atoms with Crippen molar-refractivity contribution in [2.24, 2.45) is 0 Å². The number of pyridine rings is 1. The van der Waals surface area contributed by atoms with Crippen molar-refractivity contribution in [3.8, 4) is 0 Å². The van der Waals surface area contributed by atoms with Crippen molar-refractivity contribution in [2.45, 2.75) is 25.5 Å². The summed E-state index contributed by atoms with van der Waals surface area (Å²) < 4.78 is 0.261. The van der Waals surface area contributed by atoms with Crippen molar-refractivity contribution in [1.82, 2.24) is 4.98 Å². The molecule has 2 rings (SSSR count). The van der Waals surface area contributed by atoms with E-state index < -0.39 is 4.92 Å². The first-order valence-electron chi connectivity index (χ1n) is 6.78. The van der Waals surface area contributed by atoms with Gasteiger partial charge in [-0.3, -0.25) is 10.1 Å². The molecule has 0 amide bonds. The van der Waals surface area contributed by atoms with Crippen LogP contribution in [0.5, 0.6) is 0 Å². The van der Waals surface area contributed by atoms with E-state index in [0.29, 0.717) is 0 Å². The van der Waals surface area contributed by atoms with Gasteiger partial charge in [-0.2, -0.15) is 11.8 Å². The van der Waals surface area contributed by atoms with Crippen molar-refractivity contribution < 1.29 is 4.92 Å². The molecule has 0 aliphatic heterocycles. The van der Waals surface area contributed by atoms with Crippen LogP contribution in [0.15, 0.2) is 30.3 Å². The predicted octanol–water partition coefficient (Wildman–Crippen LogP) is 4.09. The molecule has 0 atom stereocenters. The molecule has 1 heterocycles. The summed E-state index contributed by atoms with van der Waals surface area (Å²) in [7, 11) is 0. The molecule has 5 nitrogen and oxygen atoms in total. The molecule has 0 saturated heterocycles. The van der Waals surface area contributed by atoms with Crippen molar-refractivity contribution in [3.05, 3.63) is 40.4 Å². The van der Waals surface area contributed by atoms with Crippen LogP contribution in [0.25, 0.3) is 10.9 Å². The zero-order valence-electron chi connectivity index (χ0n) is 12.4. The Bertz CT molecular complexity index is 653. The van der Waals surface area contributed by atoms with Gasteiger partial charge in [0.25, 0.3) is 5.69 Å². The molecule has 6 heteroatoms. The molecule has 112 valence electrons. The average molecular weight is 305 g/mol. The molecule has 0 bridgehead atoms. The van der Waals surface area contributed by atoms with Crippen LogP contribution in [0.1, 0.15) is 20.8 Å². The van der Waals surface area contributed by atoms with Crippen LogP contribution < -0.4 is 5.32 Å². The Kier molecular flexibility index (Phi) is 4.67. The number of nitrogens with zero attached hydrogens (tertiary/aromatic N) is 2. The molecular formula is C15H19N3O2S. The quantitative estimate of drug-likeness (QED) is 0.512. The fourth-order valence-corrected chi connectivity index (χ4v) is 2.68. The number of anilines is 1. The smallest absolute Gasteiger partial charge is 0.270 e. The monoisotopic (exact) mass is 305 g/mol. The Hall–Kier alpha value is -1.82. The van der Waals surface area contributed by atoms with E-state index in [4.69, 9.17) is 0 Å². The molecule has 0 aliphatic carbocycles. The lowest BCUT2D eigenvalue weighted by Gasteiger charge is -2.17. The minimum Gasteiger partial charge on any atom is -0.369 e. The maximum Gasteiger partial charge on any atom is 0.270 e. The third-order valence-corrected chi connectivity index (χ3v) is 4.10. The number of nitro groups is 1. The summed E-state index contributed by atoms with van der Waals surface area (Å²) in [5.41, 5.74) is 0.848. The second-order valence-corrected chi connectivity index (χ2v) is 7.64. The highest BCUT2D eigenvalue weighted by Gasteiger charge is 2.10. The van der Waals surface area contributed by atoms with Gasteiger partial charge in [0.1, 0.15) is 5.82 Å². The molecule has 1 N–H and O–H groups in total. The summed E-state index contributed by atoms with van der Waals surface area (Å²) in [5, 5.41) is 14.8. The summed E-state index contributed by atoms with van der Waals surface area (Å²) in [6, 6.07) is 8.42. The molecule has 2 aromatic rings. The van der Waals surface area contributed by atoms with Gasteiger partial charge in [0.15, 0.2) is 0 Å². The predicted molar refractivity (Wildman–Crippen MR) is 89.1 cm³/mol. The molecule has 0 spiro atoms. The third-order valence-electron chi connectivity index (χ3n) is 2.83. The van der Waals surface area contributed by atoms with Gasteiger partial charge in [-0.15, -0.1) is 0 Å². The number of nitrogens with one attached hydrogen (secondary N) is 1. The number of aromatic nitrogens is 1. The highest BCUT2D eigenvalue weighted by molar-refractivity contribution is 8.00. The molecular weight excluding hydrogens is 286 g/mol. The van der Waals surface area contributed by atoms with Crippen LogP contribution in [0.2, 0.25) is 0 Å². The average Bonchev–Trinajstić information content (AvgIpc) is 2.41. The molecule has 0 saturated carbocycles. The van der Waals surface area contributed by atoms with Crippen LogP contribution in [-0.2, 0) is 0 Å². The Morgan fingerprint density at radius 2 is 2.05 bits per heavy atom. The lowest BCUT2D eigenvalue weighted by molar-refractivity contribution is -0.384. The van der Waals surface area contributed by atoms with Gasteiger partial charge in [0.2, 0.25) is 0 Å². The van der Waals surface area contributed by atoms with Gasteiger partial charge in [0, 0.05) is 34.6 Å². The van der Waals surface area contributed by atoms with E-state index >= 15 is 0 Å². The molecule has 1 aromatic heterocycles. The van der Waals surface area contributed by atoms with Crippen molar-refractivity contribution in [2.75, 3.05) is 17.6 Å². The molecule has 0 fully saturated rings. The second kappa shape index (κ2) is 6.30. The second-order valence-electron chi connectivity index (χ2n) is 5.72. The van der Waals surface area contributed by atoms with Crippen LogP contribution in [0.3, 0.4) is 0 Å². The standard InChI is InChI=1S/C15H19N3O2S/c1-15(2,3)21-9-8-16-14-7-4-11-10-12(18(19)20)5-6-13(11)17-14/h4-7,10H,8-9H2,1-3H3,(H,16,17). The van der Waals surface area contributed by atoms with Gasteiger partial charge in [0.05, 0.1) is 10.4 Å². The van der Waals surface area contributed by atoms with E-state index in [2.05, 4.69) is 31.1 Å². The summed E-state index contributed by atoms with van der Waals surface area (Å²) >= 11 is 1.90. The van der Waals surface area contributed by atoms with E-state index in [-0.39, 0.29) is 10.4 Å². The number of nitro benzene ring substituents is 1. The lowest BCUT2D eigenvalue weighted by Crippen LogP contribution is -2.13. The Balaban J connectivity index is 2.02. The van der Waals surface area contributed by atoms with Crippen molar-refractivity contribution in [1.29, 1.82) is 0 Å². The highest BCUT2D eigenvalue weighted by Crippen LogP contribution is 2.23.